The predicted molar refractivity (Wildman–Crippen MR) is 131 cm³/mol. The molecule has 1 atom stereocenters. The molecule has 7 heteroatoms. The molecule has 0 amide bonds. The molecule has 0 N–H and O–H groups in total. The first-order valence-corrected chi connectivity index (χ1v) is 11.1. The molecule has 0 radical (unpaired) electrons. The van der Waals surface area contributed by atoms with E-state index in [4.69, 9.17) is 37.8 Å². The number of ether oxygens (including phenoxy) is 2. The van der Waals surface area contributed by atoms with Crippen molar-refractivity contribution in [3.63, 3.8) is 0 Å². The molecule has 33 heavy (non-hydrogen) atoms. The maximum absolute atomic E-state index is 12.5. The van der Waals surface area contributed by atoms with E-state index in [0.717, 1.165) is 22.3 Å². The van der Waals surface area contributed by atoms with Gasteiger partial charge < -0.3 is 9.47 Å². The summed E-state index contributed by atoms with van der Waals surface area (Å²) in [5.74, 6) is -0.183. The first-order valence-electron chi connectivity index (χ1n) is 10.4. The molecule has 4 rings (SSSR count). The molecule has 0 saturated heterocycles. The molecule has 1 aromatic heterocycles. The van der Waals surface area contributed by atoms with E-state index >= 15 is 0 Å². The van der Waals surface area contributed by atoms with Crippen LogP contribution in [0.2, 0.25) is 10.0 Å². The lowest BCUT2D eigenvalue weighted by atomic mass is 10.0. The van der Waals surface area contributed by atoms with Gasteiger partial charge in [0.1, 0.15) is 12.3 Å². The Bertz CT molecular complexity index is 1260. The molecular weight excluding hydrogens is 459 g/mol. The van der Waals surface area contributed by atoms with Gasteiger partial charge in [-0.1, -0.05) is 89.9 Å². The Hall–Kier alpha value is -3.12. The van der Waals surface area contributed by atoms with E-state index in [0.29, 0.717) is 21.6 Å². The number of benzene rings is 3. The number of nitrogens with zero attached hydrogens (tertiary/aromatic N) is 2. The Kier molecular flexibility index (Phi) is 7.14. The topological polar surface area (TPSA) is 53.4 Å². The first-order chi connectivity index (χ1) is 16.0. The lowest BCUT2D eigenvalue weighted by Gasteiger charge is -2.17. The lowest BCUT2D eigenvalue weighted by molar-refractivity contribution is -0.138. The zero-order chi connectivity index (χ0) is 23.4. The Morgan fingerprint density at radius 1 is 0.939 bits per heavy atom. The number of esters is 1. The van der Waals surface area contributed by atoms with Crippen LogP contribution in [-0.2, 0) is 9.53 Å². The second kappa shape index (κ2) is 10.2. The second-order valence-electron chi connectivity index (χ2n) is 7.46. The van der Waals surface area contributed by atoms with E-state index in [-0.39, 0.29) is 12.6 Å². The molecule has 0 saturated carbocycles. The quantitative estimate of drug-likeness (QED) is 0.276. The number of hydrogen-bond donors (Lipinski definition) is 0. The zero-order valence-corrected chi connectivity index (χ0v) is 19.7. The number of halogens is 2. The Balaban J connectivity index is 1.95. The molecule has 3 aromatic carbocycles. The summed E-state index contributed by atoms with van der Waals surface area (Å²) in [6.07, 6.45) is 0. The van der Waals surface area contributed by atoms with Crippen molar-refractivity contribution in [2.75, 3.05) is 13.7 Å². The molecule has 0 aliphatic rings. The van der Waals surface area contributed by atoms with Crippen molar-refractivity contribution in [3.05, 3.63) is 94.5 Å². The first kappa shape index (κ1) is 23.1. The highest BCUT2D eigenvalue weighted by Gasteiger charge is 2.27. The van der Waals surface area contributed by atoms with E-state index in [1.165, 1.54) is 7.11 Å². The van der Waals surface area contributed by atoms with Crippen molar-refractivity contribution in [2.45, 2.75) is 13.0 Å². The minimum absolute atomic E-state index is 0.179. The largest absolute Gasteiger partial charge is 0.405 e. The molecule has 0 bridgehead atoms. The monoisotopic (exact) mass is 480 g/mol. The van der Waals surface area contributed by atoms with Gasteiger partial charge in [-0.05, 0) is 30.2 Å². The van der Waals surface area contributed by atoms with Crippen LogP contribution in [0.25, 0.3) is 22.4 Å². The molecule has 1 unspecified atom stereocenters. The van der Waals surface area contributed by atoms with Gasteiger partial charge in [0.15, 0.2) is 0 Å². The summed E-state index contributed by atoms with van der Waals surface area (Å²) < 4.78 is 12.5. The molecule has 0 aliphatic carbocycles. The van der Waals surface area contributed by atoms with Gasteiger partial charge in [-0.15, -0.1) is 0 Å². The number of rotatable bonds is 7. The van der Waals surface area contributed by atoms with Crippen molar-refractivity contribution in [3.8, 4) is 28.3 Å². The predicted octanol–water partition coefficient (Wildman–Crippen LogP) is 6.69. The molecule has 168 valence electrons. The Labute approximate surface area is 202 Å². The highest BCUT2D eigenvalue weighted by Crippen LogP contribution is 2.42. The fraction of sp³-hybridized carbons (Fsp3) is 0.154. The highest BCUT2D eigenvalue weighted by molar-refractivity contribution is 6.42. The maximum Gasteiger partial charge on any atom is 0.338 e. The summed E-state index contributed by atoms with van der Waals surface area (Å²) in [4.78, 5) is 12.5. The second-order valence-corrected chi connectivity index (χ2v) is 8.28. The number of carbonyl (C=O) groups excluding carboxylic acids is 1. The third-order valence-corrected chi connectivity index (χ3v) is 5.98. The van der Waals surface area contributed by atoms with Crippen LogP contribution in [-0.4, -0.2) is 29.5 Å². The number of aromatic nitrogens is 2. The summed E-state index contributed by atoms with van der Waals surface area (Å²) in [7, 11) is 1.45. The number of hydrogen-bond acceptors (Lipinski definition) is 4. The van der Waals surface area contributed by atoms with Gasteiger partial charge in [0.05, 0.1) is 21.7 Å². The van der Waals surface area contributed by atoms with Crippen LogP contribution in [0.3, 0.4) is 0 Å². The van der Waals surface area contributed by atoms with Gasteiger partial charge in [-0.2, -0.15) is 5.10 Å². The van der Waals surface area contributed by atoms with Crippen LogP contribution in [0.15, 0.2) is 78.9 Å². The SMILES string of the molecule is COCC(=O)Oc1c(-c2ccccc2)c(-c2ccccc2)nn1C(C)c1ccc(Cl)c(Cl)c1. The summed E-state index contributed by atoms with van der Waals surface area (Å²) in [6, 6.07) is 24.6. The van der Waals surface area contributed by atoms with Gasteiger partial charge in [-0.3, -0.25) is 0 Å². The van der Waals surface area contributed by atoms with Crippen molar-refractivity contribution in [2.24, 2.45) is 0 Å². The van der Waals surface area contributed by atoms with Gasteiger partial charge in [-0.25, -0.2) is 9.48 Å². The van der Waals surface area contributed by atoms with Crippen LogP contribution >= 0.6 is 23.2 Å². The lowest BCUT2D eigenvalue weighted by Crippen LogP contribution is -2.19. The summed E-state index contributed by atoms with van der Waals surface area (Å²) >= 11 is 12.4. The van der Waals surface area contributed by atoms with E-state index in [1.54, 1.807) is 16.8 Å². The summed E-state index contributed by atoms with van der Waals surface area (Å²) in [5, 5.41) is 5.83. The van der Waals surface area contributed by atoms with Crippen molar-refractivity contribution >= 4 is 29.2 Å². The van der Waals surface area contributed by atoms with Crippen LogP contribution in [0.5, 0.6) is 5.88 Å². The van der Waals surface area contributed by atoms with E-state index in [9.17, 15) is 4.79 Å². The van der Waals surface area contributed by atoms with E-state index in [2.05, 4.69) is 0 Å². The van der Waals surface area contributed by atoms with Crippen LogP contribution in [0.1, 0.15) is 18.5 Å². The molecule has 5 nitrogen and oxygen atoms in total. The smallest absolute Gasteiger partial charge is 0.338 e. The Morgan fingerprint density at radius 2 is 1.58 bits per heavy atom. The van der Waals surface area contributed by atoms with Gasteiger partial charge in [0, 0.05) is 12.7 Å². The zero-order valence-electron chi connectivity index (χ0n) is 18.2. The highest BCUT2D eigenvalue weighted by atomic mass is 35.5. The van der Waals surface area contributed by atoms with Crippen molar-refractivity contribution in [1.29, 1.82) is 0 Å². The van der Waals surface area contributed by atoms with Crippen LogP contribution in [0, 0.1) is 0 Å². The molecule has 0 aliphatic heterocycles. The van der Waals surface area contributed by atoms with Crippen molar-refractivity contribution in [1.82, 2.24) is 9.78 Å². The standard InChI is InChI=1S/C26H22Cl2N2O3/c1-17(20-13-14-21(27)22(28)15-20)30-26(33-23(31)16-32-2)24(18-9-5-3-6-10-18)25(29-30)19-11-7-4-8-12-19/h3-15,17H,16H2,1-2H3. The third-order valence-electron chi connectivity index (χ3n) is 5.24. The van der Waals surface area contributed by atoms with Gasteiger partial charge >= 0.3 is 5.97 Å². The normalized spacial score (nSPS) is 11.9. The molecule has 4 aromatic rings. The molecule has 1 heterocycles. The molecular formula is C26H22Cl2N2O3. The van der Waals surface area contributed by atoms with E-state index < -0.39 is 5.97 Å². The number of carbonyl (C=O) groups is 1. The fourth-order valence-electron chi connectivity index (χ4n) is 3.61. The minimum atomic E-state index is -0.517. The Morgan fingerprint density at radius 3 is 2.18 bits per heavy atom. The third kappa shape index (κ3) is 4.96. The van der Waals surface area contributed by atoms with Gasteiger partial charge in [0.25, 0.3) is 0 Å². The summed E-state index contributed by atoms with van der Waals surface area (Å²) in [6.45, 7) is 1.78. The van der Waals surface area contributed by atoms with Gasteiger partial charge in [0.2, 0.25) is 5.88 Å². The molecule has 0 fully saturated rings. The molecule has 0 spiro atoms. The number of methoxy groups -OCH3 is 1. The van der Waals surface area contributed by atoms with Crippen LogP contribution < -0.4 is 4.74 Å². The van der Waals surface area contributed by atoms with Crippen molar-refractivity contribution < 1.29 is 14.3 Å². The fourth-order valence-corrected chi connectivity index (χ4v) is 3.92. The average molecular weight is 481 g/mol. The minimum Gasteiger partial charge on any atom is -0.405 e. The maximum atomic E-state index is 12.5. The average Bonchev–Trinajstić information content (AvgIpc) is 3.20. The van der Waals surface area contributed by atoms with E-state index in [1.807, 2.05) is 73.7 Å². The van der Waals surface area contributed by atoms with Crippen LogP contribution in [0.4, 0.5) is 0 Å². The summed E-state index contributed by atoms with van der Waals surface area (Å²) in [5.41, 5.74) is 4.08.